The van der Waals surface area contributed by atoms with Crippen LogP contribution < -0.4 is 10.6 Å². The molecule has 6 heteroatoms. The maximum absolute atomic E-state index is 12.8. The SMILES string of the molecule is CSCC(CCO)NC(C)CC(=O)Nc1ccc(F)cc1. The maximum atomic E-state index is 12.8. The van der Waals surface area contributed by atoms with Crippen LogP contribution in [-0.4, -0.2) is 41.7 Å². The Labute approximate surface area is 129 Å². The summed E-state index contributed by atoms with van der Waals surface area (Å²) in [5, 5.41) is 15.1. The summed E-state index contributed by atoms with van der Waals surface area (Å²) >= 11 is 1.70. The molecule has 0 heterocycles. The first-order chi connectivity index (χ1) is 10.0. The molecule has 0 saturated heterocycles. The molecule has 118 valence electrons. The van der Waals surface area contributed by atoms with Crippen molar-refractivity contribution in [1.29, 1.82) is 0 Å². The molecule has 0 fully saturated rings. The zero-order valence-corrected chi connectivity index (χ0v) is 13.3. The lowest BCUT2D eigenvalue weighted by atomic mass is 10.1. The quantitative estimate of drug-likeness (QED) is 0.654. The van der Waals surface area contributed by atoms with Crippen molar-refractivity contribution in [3.05, 3.63) is 30.1 Å². The number of anilines is 1. The molecule has 1 aromatic rings. The molecule has 2 atom stereocenters. The van der Waals surface area contributed by atoms with E-state index < -0.39 is 0 Å². The maximum Gasteiger partial charge on any atom is 0.225 e. The van der Waals surface area contributed by atoms with Gasteiger partial charge in [-0.1, -0.05) is 0 Å². The summed E-state index contributed by atoms with van der Waals surface area (Å²) in [6.45, 7) is 2.07. The second kappa shape index (κ2) is 9.76. The number of rotatable bonds is 9. The highest BCUT2D eigenvalue weighted by Gasteiger charge is 2.14. The van der Waals surface area contributed by atoms with Crippen molar-refractivity contribution in [3.8, 4) is 0 Å². The molecule has 0 aliphatic heterocycles. The smallest absolute Gasteiger partial charge is 0.225 e. The average molecular weight is 314 g/mol. The lowest BCUT2D eigenvalue weighted by Crippen LogP contribution is -2.40. The van der Waals surface area contributed by atoms with Crippen LogP contribution in [0.1, 0.15) is 19.8 Å². The molecular weight excluding hydrogens is 291 g/mol. The molecule has 3 N–H and O–H groups in total. The highest BCUT2D eigenvalue weighted by Crippen LogP contribution is 2.09. The largest absolute Gasteiger partial charge is 0.396 e. The van der Waals surface area contributed by atoms with E-state index in [1.807, 2.05) is 13.2 Å². The van der Waals surface area contributed by atoms with Gasteiger partial charge in [-0.25, -0.2) is 4.39 Å². The van der Waals surface area contributed by atoms with Crippen LogP contribution in [0.25, 0.3) is 0 Å². The molecule has 0 saturated carbocycles. The average Bonchev–Trinajstić information content (AvgIpc) is 2.41. The van der Waals surface area contributed by atoms with E-state index in [4.69, 9.17) is 5.11 Å². The Morgan fingerprint density at radius 3 is 2.62 bits per heavy atom. The lowest BCUT2D eigenvalue weighted by Gasteiger charge is -2.22. The fourth-order valence-electron chi connectivity index (χ4n) is 2.06. The monoisotopic (exact) mass is 314 g/mol. The van der Waals surface area contributed by atoms with Gasteiger partial charge in [-0.3, -0.25) is 4.79 Å². The number of hydrogen-bond donors (Lipinski definition) is 3. The normalized spacial score (nSPS) is 13.7. The summed E-state index contributed by atoms with van der Waals surface area (Å²) in [6.07, 6.45) is 3.01. The molecule has 2 unspecified atom stereocenters. The van der Waals surface area contributed by atoms with E-state index in [1.165, 1.54) is 24.3 Å². The van der Waals surface area contributed by atoms with Crippen LogP contribution in [-0.2, 0) is 4.79 Å². The summed E-state index contributed by atoms with van der Waals surface area (Å²) in [7, 11) is 0. The predicted molar refractivity (Wildman–Crippen MR) is 86.1 cm³/mol. The van der Waals surface area contributed by atoms with E-state index in [0.717, 1.165) is 5.75 Å². The number of thioether (sulfide) groups is 1. The second-order valence-corrected chi connectivity index (χ2v) is 5.90. The van der Waals surface area contributed by atoms with Crippen molar-refractivity contribution in [2.45, 2.75) is 31.8 Å². The standard InChI is InChI=1S/C15H23FN2O2S/c1-11(17-14(7-8-19)10-21-2)9-15(20)18-13-5-3-12(16)4-6-13/h3-6,11,14,17,19H,7-10H2,1-2H3,(H,18,20). The van der Waals surface area contributed by atoms with Crippen molar-refractivity contribution < 1.29 is 14.3 Å². The van der Waals surface area contributed by atoms with Gasteiger partial charge < -0.3 is 15.7 Å². The van der Waals surface area contributed by atoms with E-state index in [9.17, 15) is 9.18 Å². The Bertz CT molecular complexity index is 422. The Morgan fingerprint density at radius 2 is 2.05 bits per heavy atom. The molecule has 21 heavy (non-hydrogen) atoms. The van der Waals surface area contributed by atoms with Crippen molar-refractivity contribution >= 4 is 23.4 Å². The van der Waals surface area contributed by atoms with E-state index >= 15 is 0 Å². The van der Waals surface area contributed by atoms with Gasteiger partial charge in [0.1, 0.15) is 5.82 Å². The topological polar surface area (TPSA) is 61.4 Å². The predicted octanol–water partition coefficient (Wildman–Crippen LogP) is 2.25. The number of halogens is 1. The van der Waals surface area contributed by atoms with Gasteiger partial charge in [0, 0.05) is 36.6 Å². The summed E-state index contributed by atoms with van der Waals surface area (Å²) in [5.41, 5.74) is 0.588. The van der Waals surface area contributed by atoms with Crippen LogP contribution in [0.4, 0.5) is 10.1 Å². The molecule has 0 spiro atoms. The van der Waals surface area contributed by atoms with Crippen LogP contribution in [0, 0.1) is 5.82 Å². The van der Waals surface area contributed by atoms with Crippen molar-refractivity contribution in [2.75, 3.05) is 23.9 Å². The molecule has 1 aromatic carbocycles. The number of carbonyl (C=O) groups excluding carboxylic acids is 1. The summed E-state index contributed by atoms with van der Waals surface area (Å²) in [5.74, 6) is 0.449. The van der Waals surface area contributed by atoms with Crippen molar-refractivity contribution in [2.24, 2.45) is 0 Å². The second-order valence-electron chi connectivity index (χ2n) is 4.99. The van der Waals surface area contributed by atoms with Gasteiger partial charge in [0.2, 0.25) is 5.91 Å². The number of hydrogen-bond acceptors (Lipinski definition) is 4. The third-order valence-electron chi connectivity index (χ3n) is 2.99. The van der Waals surface area contributed by atoms with Crippen molar-refractivity contribution in [3.63, 3.8) is 0 Å². The number of aliphatic hydroxyl groups excluding tert-OH is 1. The molecule has 0 bridgehead atoms. The first-order valence-corrected chi connectivity index (χ1v) is 8.35. The lowest BCUT2D eigenvalue weighted by molar-refractivity contribution is -0.116. The van der Waals surface area contributed by atoms with Gasteiger partial charge in [0.25, 0.3) is 0 Å². The highest BCUT2D eigenvalue weighted by molar-refractivity contribution is 7.98. The number of benzene rings is 1. The molecule has 0 aliphatic rings. The van der Waals surface area contributed by atoms with Gasteiger partial charge in [-0.05, 0) is 43.9 Å². The van der Waals surface area contributed by atoms with Crippen LogP contribution in [0.5, 0.6) is 0 Å². The Hall–Kier alpha value is -1.11. The van der Waals surface area contributed by atoms with Gasteiger partial charge >= 0.3 is 0 Å². The van der Waals surface area contributed by atoms with Gasteiger partial charge in [-0.2, -0.15) is 11.8 Å². The molecule has 0 aliphatic carbocycles. The number of aliphatic hydroxyl groups is 1. The highest BCUT2D eigenvalue weighted by atomic mass is 32.2. The first kappa shape index (κ1) is 17.9. The van der Waals surface area contributed by atoms with E-state index in [-0.39, 0.29) is 30.4 Å². The van der Waals surface area contributed by atoms with Crippen LogP contribution in [0.15, 0.2) is 24.3 Å². The molecule has 1 amide bonds. The minimum Gasteiger partial charge on any atom is -0.396 e. The molecule has 1 rings (SSSR count). The van der Waals surface area contributed by atoms with E-state index in [1.54, 1.807) is 11.8 Å². The summed E-state index contributed by atoms with van der Waals surface area (Å²) < 4.78 is 12.8. The number of amides is 1. The van der Waals surface area contributed by atoms with E-state index in [0.29, 0.717) is 18.5 Å². The molecule has 0 aromatic heterocycles. The number of nitrogens with one attached hydrogen (secondary N) is 2. The Morgan fingerprint density at radius 1 is 1.38 bits per heavy atom. The third-order valence-corrected chi connectivity index (χ3v) is 3.72. The van der Waals surface area contributed by atoms with E-state index in [2.05, 4.69) is 10.6 Å². The van der Waals surface area contributed by atoms with Gasteiger partial charge in [0.05, 0.1) is 0 Å². The minimum absolute atomic E-state index is 0.00847. The summed E-state index contributed by atoms with van der Waals surface area (Å²) in [6, 6.07) is 5.90. The Kier molecular flexibility index (Phi) is 8.34. The van der Waals surface area contributed by atoms with Crippen molar-refractivity contribution in [1.82, 2.24) is 5.32 Å². The molecule has 4 nitrogen and oxygen atoms in total. The fraction of sp³-hybridized carbons (Fsp3) is 0.533. The molecular formula is C15H23FN2O2S. The van der Waals surface area contributed by atoms with Gasteiger partial charge in [0.15, 0.2) is 0 Å². The van der Waals surface area contributed by atoms with Crippen LogP contribution >= 0.6 is 11.8 Å². The fourth-order valence-corrected chi connectivity index (χ4v) is 2.72. The zero-order valence-electron chi connectivity index (χ0n) is 12.4. The Balaban J connectivity index is 2.40. The summed E-state index contributed by atoms with van der Waals surface area (Å²) in [4.78, 5) is 11.9. The van der Waals surface area contributed by atoms with Crippen LogP contribution in [0.3, 0.4) is 0 Å². The number of carbonyl (C=O) groups is 1. The first-order valence-electron chi connectivity index (χ1n) is 6.96. The zero-order chi connectivity index (χ0) is 15.7. The van der Waals surface area contributed by atoms with Crippen LogP contribution in [0.2, 0.25) is 0 Å². The van der Waals surface area contributed by atoms with Gasteiger partial charge in [-0.15, -0.1) is 0 Å². The minimum atomic E-state index is -0.327. The third kappa shape index (κ3) is 7.45. The molecule has 0 radical (unpaired) electrons.